The number of hydrogen-bond donors (Lipinski definition) is 1. The van der Waals surface area contributed by atoms with Crippen molar-refractivity contribution in [3.63, 3.8) is 0 Å². The van der Waals surface area contributed by atoms with Crippen molar-refractivity contribution in [3.05, 3.63) is 29.3 Å². The summed E-state index contributed by atoms with van der Waals surface area (Å²) in [5.74, 6) is 0.347. The molecule has 1 N–H and O–H groups in total. The highest BCUT2D eigenvalue weighted by Gasteiger charge is 2.19. The lowest BCUT2D eigenvalue weighted by molar-refractivity contribution is 0.0379. The molecule has 5 nitrogen and oxygen atoms in total. The van der Waals surface area contributed by atoms with Crippen molar-refractivity contribution in [1.82, 2.24) is 4.90 Å². The molecule has 0 aliphatic rings. The van der Waals surface area contributed by atoms with E-state index < -0.39 is 6.10 Å². The van der Waals surface area contributed by atoms with Crippen LogP contribution >= 0.6 is 0 Å². The second kappa shape index (κ2) is 7.11. The van der Waals surface area contributed by atoms with Gasteiger partial charge in [0.15, 0.2) is 0 Å². The molecule has 0 aromatic heterocycles. The molecule has 0 radical (unpaired) electrons. The first-order valence-corrected chi connectivity index (χ1v) is 6.06. The van der Waals surface area contributed by atoms with Crippen molar-refractivity contribution in [2.75, 3.05) is 34.4 Å². The van der Waals surface area contributed by atoms with Crippen LogP contribution in [0.25, 0.3) is 0 Å². The van der Waals surface area contributed by atoms with Gasteiger partial charge in [0.25, 0.3) is 5.91 Å². The van der Waals surface area contributed by atoms with Crippen molar-refractivity contribution in [1.29, 1.82) is 0 Å². The van der Waals surface area contributed by atoms with Crippen LogP contribution in [0, 0.1) is 6.92 Å². The van der Waals surface area contributed by atoms with Gasteiger partial charge in [0.1, 0.15) is 5.75 Å². The standard InChI is InChI=1S/C14H21NO4/c1-10-5-6-13(19-4)12(7-10)14(17)15(2)8-11(16)9-18-3/h5-7,11,16H,8-9H2,1-4H3. The highest BCUT2D eigenvalue weighted by Crippen LogP contribution is 2.21. The van der Waals surface area contributed by atoms with E-state index in [2.05, 4.69) is 0 Å². The fraction of sp³-hybridized carbons (Fsp3) is 0.500. The molecule has 1 rings (SSSR count). The Morgan fingerprint density at radius 3 is 2.68 bits per heavy atom. The molecular formula is C14H21NO4. The smallest absolute Gasteiger partial charge is 0.257 e. The van der Waals surface area contributed by atoms with E-state index in [1.807, 2.05) is 13.0 Å². The third-order valence-corrected chi connectivity index (χ3v) is 2.78. The van der Waals surface area contributed by atoms with Gasteiger partial charge in [0, 0.05) is 20.7 Å². The number of methoxy groups -OCH3 is 2. The van der Waals surface area contributed by atoms with Gasteiger partial charge in [-0.1, -0.05) is 11.6 Å². The van der Waals surface area contributed by atoms with E-state index in [0.717, 1.165) is 5.56 Å². The molecule has 0 saturated carbocycles. The summed E-state index contributed by atoms with van der Waals surface area (Å²) in [6.07, 6.45) is -0.699. The van der Waals surface area contributed by atoms with Gasteiger partial charge in [-0.3, -0.25) is 4.79 Å². The summed E-state index contributed by atoms with van der Waals surface area (Å²) in [5.41, 5.74) is 1.48. The van der Waals surface area contributed by atoms with Gasteiger partial charge in [0.2, 0.25) is 0 Å². The molecule has 106 valence electrons. The van der Waals surface area contributed by atoms with Crippen LogP contribution in [0.3, 0.4) is 0 Å². The second-order valence-corrected chi connectivity index (χ2v) is 4.50. The summed E-state index contributed by atoms with van der Waals surface area (Å²) in [4.78, 5) is 13.8. The molecule has 0 saturated heterocycles. The van der Waals surface area contributed by atoms with Gasteiger partial charge >= 0.3 is 0 Å². The van der Waals surface area contributed by atoms with Crippen LogP contribution in [-0.4, -0.2) is 56.4 Å². The first-order chi connectivity index (χ1) is 8.99. The quantitative estimate of drug-likeness (QED) is 0.838. The minimum absolute atomic E-state index is 0.185. The predicted molar refractivity (Wildman–Crippen MR) is 72.6 cm³/mol. The van der Waals surface area contributed by atoms with Crippen molar-refractivity contribution < 1.29 is 19.4 Å². The zero-order valence-corrected chi connectivity index (χ0v) is 11.8. The number of benzene rings is 1. The van der Waals surface area contributed by atoms with Gasteiger partial charge in [0.05, 0.1) is 25.4 Å². The van der Waals surface area contributed by atoms with Crippen molar-refractivity contribution >= 4 is 5.91 Å². The SMILES string of the molecule is COCC(O)CN(C)C(=O)c1cc(C)ccc1OC. The van der Waals surface area contributed by atoms with Crippen LogP contribution < -0.4 is 4.74 Å². The zero-order chi connectivity index (χ0) is 14.4. The number of likely N-dealkylation sites (N-methyl/N-ethyl adjacent to an activating group) is 1. The number of carbonyl (C=O) groups excluding carboxylic acids is 1. The lowest BCUT2D eigenvalue weighted by atomic mass is 10.1. The minimum atomic E-state index is -0.699. The number of aliphatic hydroxyl groups is 1. The second-order valence-electron chi connectivity index (χ2n) is 4.50. The Kier molecular flexibility index (Phi) is 5.79. The summed E-state index contributed by atoms with van der Waals surface area (Å²) in [5, 5.41) is 9.65. The van der Waals surface area contributed by atoms with Crippen LogP contribution in [0.1, 0.15) is 15.9 Å². The lowest BCUT2D eigenvalue weighted by Crippen LogP contribution is -2.36. The number of aliphatic hydroxyl groups excluding tert-OH is 1. The summed E-state index contributed by atoms with van der Waals surface area (Å²) < 4.78 is 10.0. The molecule has 0 heterocycles. The van der Waals surface area contributed by atoms with E-state index in [0.29, 0.717) is 11.3 Å². The highest BCUT2D eigenvalue weighted by molar-refractivity contribution is 5.97. The molecule has 0 bridgehead atoms. The maximum atomic E-state index is 12.3. The third kappa shape index (κ3) is 4.22. The molecule has 1 unspecified atom stereocenters. The molecule has 19 heavy (non-hydrogen) atoms. The topological polar surface area (TPSA) is 59.0 Å². The van der Waals surface area contributed by atoms with E-state index >= 15 is 0 Å². The maximum Gasteiger partial charge on any atom is 0.257 e. The first kappa shape index (κ1) is 15.5. The minimum Gasteiger partial charge on any atom is -0.496 e. The average molecular weight is 267 g/mol. The van der Waals surface area contributed by atoms with Crippen LogP contribution in [0.5, 0.6) is 5.75 Å². The lowest BCUT2D eigenvalue weighted by Gasteiger charge is -2.21. The fourth-order valence-electron chi connectivity index (χ4n) is 1.84. The van der Waals surface area contributed by atoms with Crippen LogP contribution in [-0.2, 0) is 4.74 Å². The molecule has 1 amide bonds. The summed E-state index contributed by atoms with van der Waals surface area (Å²) >= 11 is 0. The Bertz CT molecular complexity index is 433. The van der Waals surface area contributed by atoms with Gasteiger partial charge < -0.3 is 19.5 Å². The fourth-order valence-corrected chi connectivity index (χ4v) is 1.84. The highest BCUT2D eigenvalue weighted by atomic mass is 16.5. The van der Waals surface area contributed by atoms with E-state index in [9.17, 15) is 9.90 Å². The number of aryl methyl sites for hydroxylation is 1. The van der Waals surface area contributed by atoms with E-state index in [1.165, 1.54) is 19.1 Å². The van der Waals surface area contributed by atoms with Gasteiger partial charge in [-0.25, -0.2) is 0 Å². The van der Waals surface area contributed by atoms with E-state index in [4.69, 9.17) is 9.47 Å². The molecule has 0 aliphatic carbocycles. The van der Waals surface area contributed by atoms with Crippen LogP contribution in [0.4, 0.5) is 0 Å². The summed E-state index contributed by atoms with van der Waals surface area (Å²) in [6, 6.07) is 5.43. The van der Waals surface area contributed by atoms with E-state index in [1.54, 1.807) is 19.2 Å². The predicted octanol–water partition coefficient (Wildman–Crippen LogP) is 1.08. The largest absolute Gasteiger partial charge is 0.496 e. The molecule has 1 atom stereocenters. The Balaban J connectivity index is 2.84. The molecule has 1 aromatic carbocycles. The zero-order valence-electron chi connectivity index (χ0n) is 11.8. The number of amides is 1. The summed E-state index contributed by atoms with van der Waals surface area (Å²) in [6.45, 7) is 2.32. The van der Waals surface area contributed by atoms with Gasteiger partial charge in [-0.05, 0) is 19.1 Å². The van der Waals surface area contributed by atoms with Crippen LogP contribution in [0.2, 0.25) is 0 Å². The molecule has 1 aromatic rings. The molecule has 0 aliphatic heterocycles. The first-order valence-electron chi connectivity index (χ1n) is 6.06. The average Bonchev–Trinajstić information content (AvgIpc) is 2.37. The molecule has 0 spiro atoms. The van der Waals surface area contributed by atoms with Crippen molar-refractivity contribution in [3.8, 4) is 5.75 Å². The normalized spacial score (nSPS) is 12.1. The Hall–Kier alpha value is -1.59. The molecular weight excluding hydrogens is 246 g/mol. The Morgan fingerprint density at radius 2 is 2.11 bits per heavy atom. The van der Waals surface area contributed by atoms with Gasteiger partial charge in [-0.2, -0.15) is 0 Å². The molecule has 5 heteroatoms. The number of carbonyl (C=O) groups is 1. The maximum absolute atomic E-state index is 12.3. The Labute approximate surface area is 113 Å². The van der Waals surface area contributed by atoms with Crippen molar-refractivity contribution in [2.45, 2.75) is 13.0 Å². The number of hydrogen-bond acceptors (Lipinski definition) is 4. The number of nitrogens with zero attached hydrogens (tertiary/aromatic N) is 1. The molecule has 0 fully saturated rings. The third-order valence-electron chi connectivity index (χ3n) is 2.78. The summed E-state index contributed by atoms with van der Waals surface area (Å²) in [7, 11) is 4.68. The monoisotopic (exact) mass is 267 g/mol. The Morgan fingerprint density at radius 1 is 1.42 bits per heavy atom. The van der Waals surface area contributed by atoms with Crippen molar-refractivity contribution in [2.24, 2.45) is 0 Å². The van der Waals surface area contributed by atoms with E-state index in [-0.39, 0.29) is 19.1 Å². The van der Waals surface area contributed by atoms with Gasteiger partial charge in [-0.15, -0.1) is 0 Å². The number of rotatable bonds is 6. The van der Waals surface area contributed by atoms with Crippen LogP contribution in [0.15, 0.2) is 18.2 Å². The number of ether oxygens (including phenoxy) is 2.